The zero-order valence-corrected chi connectivity index (χ0v) is 15.1. The monoisotopic (exact) mass is 372 g/mol. The summed E-state index contributed by atoms with van der Waals surface area (Å²) in [5.41, 5.74) is 1.91. The zero-order valence-electron chi connectivity index (χ0n) is 14.3. The molecule has 5 nitrogen and oxygen atoms in total. The van der Waals surface area contributed by atoms with Crippen molar-refractivity contribution in [2.75, 3.05) is 0 Å². The Kier molecular flexibility index (Phi) is 4.32. The van der Waals surface area contributed by atoms with Gasteiger partial charge in [-0.05, 0) is 50.3 Å². The first kappa shape index (κ1) is 16.9. The van der Waals surface area contributed by atoms with Crippen molar-refractivity contribution in [3.05, 3.63) is 67.8 Å². The molecular formula is C19H17FN2O3S. The zero-order chi connectivity index (χ0) is 18.3. The molecular weight excluding hydrogens is 355 g/mol. The van der Waals surface area contributed by atoms with Crippen LogP contribution in [-0.4, -0.2) is 15.4 Å². The number of halogens is 1. The van der Waals surface area contributed by atoms with Crippen molar-refractivity contribution in [1.82, 2.24) is 9.38 Å². The number of hydrogen-bond acceptors (Lipinski definition) is 5. The van der Waals surface area contributed by atoms with E-state index in [0.717, 1.165) is 37.4 Å². The second-order valence-electron chi connectivity index (χ2n) is 6.42. The van der Waals surface area contributed by atoms with Gasteiger partial charge in [0.2, 0.25) is 0 Å². The molecule has 1 aliphatic rings. The van der Waals surface area contributed by atoms with E-state index in [9.17, 15) is 14.0 Å². The quantitative estimate of drug-likeness (QED) is 0.661. The summed E-state index contributed by atoms with van der Waals surface area (Å²) in [6, 6.07) is 5.59. The van der Waals surface area contributed by atoms with Crippen LogP contribution in [-0.2, 0) is 24.2 Å². The fourth-order valence-corrected chi connectivity index (χ4v) is 4.39. The third kappa shape index (κ3) is 3.03. The number of ether oxygens (including phenoxy) is 1. The van der Waals surface area contributed by atoms with Crippen LogP contribution in [0.25, 0.3) is 4.96 Å². The van der Waals surface area contributed by atoms with Gasteiger partial charge < -0.3 is 4.74 Å². The lowest BCUT2D eigenvalue weighted by Gasteiger charge is -2.10. The highest BCUT2D eigenvalue weighted by molar-refractivity contribution is 7.17. The number of aryl methyl sites for hydroxylation is 3. The van der Waals surface area contributed by atoms with Crippen molar-refractivity contribution < 1.29 is 13.9 Å². The van der Waals surface area contributed by atoms with Gasteiger partial charge in [-0.15, -0.1) is 11.3 Å². The fourth-order valence-electron chi connectivity index (χ4n) is 3.16. The number of esters is 1. The molecule has 0 atom stereocenters. The summed E-state index contributed by atoms with van der Waals surface area (Å²) >= 11 is 1.52. The second-order valence-corrected chi connectivity index (χ2v) is 7.48. The van der Waals surface area contributed by atoms with Gasteiger partial charge in [0.1, 0.15) is 12.4 Å². The first-order chi connectivity index (χ1) is 12.5. The summed E-state index contributed by atoms with van der Waals surface area (Å²) in [6.07, 6.45) is 4.08. The molecule has 0 spiro atoms. The first-order valence-electron chi connectivity index (χ1n) is 8.49. The number of thiazole rings is 1. The second kappa shape index (κ2) is 6.64. The van der Waals surface area contributed by atoms with Crippen LogP contribution in [0.3, 0.4) is 0 Å². The predicted octanol–water partition coefficient (Wildman–Crippen LogP) is 3.44. The van der Waals surface area contributed by atoms with Crippen LogP contribution in [0, 0.1) is 12.7 Å². The minimum Gasteiger partial charge on any atom is -0.456 e. The van der Waals surface area contributed by atoms with Gasteiger partial charge in [0.15, 0.2) is 4.96 Å². The average molecular weight is 372 g/mol. The molecule has 0 bridgehead atoms. The molecule has 0 amide bonds. The highest BCUT2D eigenvalue weighted by Gasteiger charge is 2.19. The molecule has 0 N–H and O–H groups in total. The normalized spacial score (nSPS) is 13.6. The molecule has 4 rings (SSSR count). The summed E-state index contributed by atoms with van der Waals surface area (Å²) in [5, 5.41) is 0. The van der Waals surface area contributed by atoms with Crippen LogP contribution in [0.2, 0.25) is 0 Å². The van der Waals surface area contributed by atoms with E-state index < -0.39 is 11.8 Å². The largest absolute Gasteiger partial charge is 0.456 e. The van der Waals surface area contributed by atoms with Crippen LogP contribution in [0.5, 0.6) is 0 Å². The van der Waals surface area contributed by atoms with Crippen LogP contribution >= 0.6 is 11.3 Å². The number of carbonyl (C=O) groups is 1. The molecule has 0 radical (unpaired) electrons. The van der Waals surface area contributed by atoms with E-state index in [-0.39, 0.29) is 17.7 Å². The van der Waals surface area contributed by atoms with Gasteiger partial charge in [-0.2, -0.15) is 0 Å². The fraction of sp³-hybridized carbons (Fsp3) is 0.316. The maximum Gasteiger partial charge on any atom is 0.338 e. The van der Waals surface area contributed by atoms with Gasteiger partial charge in [0.25, 0.3) is 5.56 Å². The Hall–Kier alpha value is -2.54. The van der Waals surface area contributed by atoms with Crippen molar-refractivity contribution in [3.63, 3.8) is 0 Å². The Labute approximate surface area is 153 Å². The molecule has 1 aliphatic carbocycles. The van der Waals surface area contributed by atoms with E-state index >= 15 is 0 Å². The molecule has 0 aliphatic heterocycles. The van der Waals surface area contributed by atoms with Crippen molar-refractivity contribution >= 4 is 22.3 Å². The van der Waals surface area contributed by atoms with Crippen LogP contribution in [0.1, 0.15) is 45.0 Å². The summed E-state index contributed by atoms with van der Waals surface area (Å²) in [4.78, 5) is 30.9. The third-order valence-corrected chi connectivity index (χ3v) is 5.72. The topological polar surface area (TPSA) is 60.7 Å². The molecule has 0 unspecified atom stereocenters. The molecule has 26 heavy (non-hydrogen) atoms. The van der Waals surface area contributed by atoms with Crippen LogP contribution in [0.15, 0.2) is 29.1 Å². The van der Waals surface area contributed by atoms with E-state index in [1.165, 1.54) is 34.4 Å². The molecule has 2 aromatic heterocycles. The number of hydrogen-bond donors (Lipinski definition) is 0. The van der Waals surface area contributed by atoms with E-state index in [4.69, 9.17) is 4.74 Å². The Bertz CT molecular complexity index is 1070. The molecule has 0 fully saturated rings. The van der Waals surface area contributed by atoms with Crippen molar-refractivity contribution in [3.8, 4) is 0 Å². The minimum absolute atomic E-state index is 0.122. The smallest absolute Gasteiger partial charge is 0.338 e. The number of aromatic nitrogens is 2. The highest BCUT2D eigenvalue weighted by atomic mass is 32.1. The average Bonchev–Trinajstić information content (AvgIpc) is 3.00. The van der Waals surface area contributed by atoms with Gasteiger partial charge in [-0.3, -0.25) is 9.20 Å². The molecule has 0 saturated carbocycles. The third-order valence-electron chi connectivity index (χ3n) is 4.57. The van der Waals surface area contributed by atoms with E-state index in [1.807, 2.05) is 0 Å². The summed E-state index contributed by atoms with van der Waals surface area (Å²) in [6.45, 7) is 1.50. The number of nitrogens with zero attached hydrogens (tertiary/aromatic N) is 2. The molecule has 3 aromatic rings. The Morgan fingerprint density at radius 1 is 1.31 bits per heavy atom. The van der Waals surface area contributed by atoms with Gasteiger partial charge in [0.05, 0.1) is 11.3 Å². The predicted molar refractivity (Wildman–Crippen MR) is 96.2 cm³/mol. The lowest BCUT2D eigenvalue weighted by atomic mass is 10.0. The Morgan fingerprint density at radius 2 is 2.12 bits per heavy atom. The summed E-state index contributed by atoms with van der Waals surface area (Å²) < 4.78 is 20.4. The highest BCUT2D eigenvalue weighted by Crippen LogP contribution is 2.28. The molecule has 134 valence electrons. The molecule has 1 aromatic carbocycles. The lowest BCUT2D eigenvalue weighted by molar-refractivity contribution is 0.0467. The number of fused-ring (bicyclic) bond motifs is 3. The number of benzene rings is 1. The molecule has 0 saturated heterocycles. The van der Waals surface area contributed by atoms with Gasteiger partial charge in [-0.1, -0.05) is 6.07 Å². The number of carbonyl (C=O) groups excluding carboxylic acids is 1. The van der Waals surface area contributed by atoms with Gasteiger partial charge in [-0.25, -0.2) is 14.2 Å². The first-order valence-corrected chi connectivity index (χ1v) is 9.31. The van der Waals surface area contributed by atoms with E-state index in [2.05, 4.69) is 4.98 Å². The summed E-state index contributed by atoms with van der Waals surface area (Å²) in [5.74, 6) is -1.10. The lowest BCUT2D eigenvalue weighted by Crippen LogP contribution is -2.18. The Morgan fingerprint density at radius 3 is 2.92 bits per heavy atom. The minimum atomic E-state index is -0.642. The van der Waals surface area contributed by atoms with Gasteiger partial charge >= 0.3 is 5.97 Å². The maximum absolute atomic E-state index is 13.6. The Balaban J connectivity index is 1.56. The van der Waals surface area contributed by atoms with Crippen molar-refractivity contribution in [2.24, 2.45) is 0 Å². The maximum atomic E-state index is 13.6. The van der Waals surface area contributed by atoms with Crippen molar-refractivity contribution in [1.29, 1.82) is 0 Å². The van der Waals surface area contributed by atoms with Crippen LogP contribution in [0.4, 0.5) is 4.39 Å². The molecule has 2 heterocycles. The molecule has 7 heteroatoms. The number of rotatable bonds is 3. The van der Waals surface area contributed by atoms with Crippen molar-refractivity contribution in [2.45, 2.75) is 39.2 Å². The van der Waals surface area contributed by atoms with Gasteiger partial charge in [0, 0.05) is 16.6 Å². The summed E-state index contributed by atoms with van der Waals surface area (Å²) in [7, 11) is 0. The SMILES string of the molecule is Cc1ccc(C(=O)OCc2cc(=O)n3c4c(sc3n2)CCCC4)cc1F. The van der Waals surface area contributed by atoms with Crippen LogP contribution < -0.4 is 5.56 Å². The van der Waals surface area contributed by atoms with E-state index in [0.29, 0.717) is 16.2 Å². The standard InChI is InChI=1S/C19H17FN2O3S/c1-11-6-7-12(8-14(11)20)18(24)25-10-13-9-17(23)22-15-4-2-3-5-16(15)26-19(22)21-13/h6-9H,2-5,10H2,1H3. The van der Waals surface area contributed by atoms with E-state index in [1.54, 1.807) is 11.3 Å².